The molecule has 105 heavy (non-hydrogen) atoms. The molecule has 0 saturated carbocycles. The highest BCUT2D eigenvalue weighted by atomic mass is 32.2. The fraction of sp³-hybridized carbons (Fsp3) is 0.256. The van der Waals surface area contributed by atoms with Gasteiger partial charge in [0.15, 0.2) is 0 Å². The number of aliphatic hydroxyl groups is 1. The van der Waals surface area contributed by atoms with E-state index in [1.165, 1.54) is 22.5 Å². The van der Waals surface area contributed by atoms with E-state index in [2.05, 4.69) is 84.2 Å². The number of halogens is 2. The van der Waals surface area contributed by atoms with Crippen molar-refractivity contribution in [2.75, 3.05) is 13.2 Å². The number of fused-ring (bicyclic) bond motifs is 4. The van der Waals surface area contributed by atoms with Crippen molar-refractivity contribution in [3.63, 3.8) is 0 Å². The number of hydrogen-bond donors (Lipinski definition) is 3. The number of nitrogens with one attached hydrogen (secondary N) is 2. The van der Waals surface area contributed by atoms with Crippen molar-refractivity contribution in [2.24, 2.45) is 0 Å². The van der Waals surface area contributed by atoms with E-state index in [1.807, 2.05) is 173 Å². The van der Waals surface area contributed by atoms with E-state index in [0.717, 1.165) is 66.4 Å². The molecule has 2 amide bonds. The number of benzene rings is 8. The van der Waals surface area contributed by atoms with Gasteiger partial charge in [-0.15, -0.1) is 0 Å². The molecule has 0 saturated heterocycles. The van der Waals surface area contributed by atoms with Crippen LogP contribution in [-0.4, -0.2) is 74.9 Å². The average molecular weight is 1460 g/mol. The van der Waals surface area contributed by atoms with Gasteiger partial charge in [0.25, 0.3) is 20.1 Å². The maximum atomic E-state index is 14.6. The van der Waals surface area contributed by atoms with Gasteiger partial charge in [-0.05, 0) is 142 Å². The van der Waals surface area contributed by atoms with Crippen LogP contribution in [0.4, 0.5) is 8.78 Å². The van der Waals surface area contributed by atoms with Crippen molar-refractivity contribution in [1.82, 2.24) is 29.2 Å². The Balaban J connectivity index is 0.000000196. The van der Waals surface area contributed by atoms with Gasteiger partial charge in [-0.25, -0.2) is 35.8 Å². The standard InChI is InChI=1S/C51H52FN3O4SSi.C35H34FN3O4S/c1-50(2,3)60(57)55-34-39-31-43(49(56)53-33-38-19-13-15-26-42(38)52)54-48(37-21-17-20-35(30-37)46-32-36-18-14-16-27-45(36)59-46)47(39)44(55)28-29-58-61(51(4,5)6,40-22-9-7-10-23-40)41-24-11-8-12-25-41;1-35(2,3)44(42)39-21-26-18-28(34(41)37-20-25-10-4-6-13-27(25)36)38-33(32(26)29(39)15-16-40)24-12-8-11-22(17-24)31-19-23-9-5-7-14-30(23)43-31/h7-27,30-32,44H,28-29,33-34H2,1-6H3,(H,53,56);4-14,17-19,29,40H,15-16,20-21H2,1-3H3,(H,37,41)/t44-,60-;29-,44-/m11/s1. The summed E-state index contributed by atoms with van der Waals surface area (Å²) in [6, 6.07) is 72.2. The van der Waals surface area contributed by atoms with Crippen LogP contribution in [0.15, 0.2) is 239 Å². The summed E-state index contributed by atoms with van der Waals surface area (Å²) in [5, 5.41) is 19.9. The SMILES string of the molecule is CC(C)(C)[S@@](=O)N1Cc2cc(C(=O)NCc3ccccc3F)nc(-c3cccc(-c4cc5ccccc5o4)c3)c2[C@H]1CCO.CC(C)(C)[S@@](=O)N1Cc2cc(C(=O)NCc3ccccc3F)nc(-c3cccc(-c4cc5ccccc5o4)c3)c2[C@H]1CCO[Si](c1ccccc1)(c1ccccc1)C(C)(C)C. The van der Waals surface area contributed by atoms with E-state index < -0.39 is 63.2 Å². The minimum Gasteiger partial charge on any atom is -0.456 e. The zero-order valence-corrected chi connectivity index (χ0v) is 63.1. The Kier molecular flexibility index (Phi) is 21.6. The topological polar surface area (TPSA) is 180 Å². The first-order valence-corrected chi connectivity index (χ1v) is 39.5. The van der Waals surface area contributed by atoms with Crippen LogP contribution in [0.2, 0.25) is 5.04 Å². The van der Waals surface area contributed by atoms with Crippen LogP contribution in [0.25, 0.3) is 67.1 Å². The van der Waals surface area contributed by atoms with E-state index in [1.54, 1.807) is 42.5 Å². The molecule has 0 aliphatic carbocycles. The average Bonchev–Trinajstić information content (AvgIpc) is 1.72. The molecule has 2 aliphatic heterocycles. The third-order valence-corrected chi connectivity index (χ3v) is 28.0. The van der Waals surface area contributed by atoms with Crippen LogP contribution in [0, 0.1) is 11.6 Å². The van der Waals surface area contributed by atoms with Crippen LogP contribution in [0.1, 0.15) is 142 Å². The predicted octanol–water partition coefficient (Wildman–Crippen LogP) is 17.4. The molecule has 0 unspecified atom stereocenters. The number of hydrogen-bond acceptors (Lipinski definition) is 10. The Morgan fingerprint density at radius 3 is 1.30 bits per heavy atom. The van der Waals surface area contributed by atoms with Gasteiger partial charge in [0, 0.05) is 94.7 Å². The second kappa shape index (κ2) is 30.8. The number of para-hydroxylation sites is 2. The summed E-state index contributed by atoms with van der Waals surface area (Å²) in [6.45, 7) is 19.5. The molecule has 6 heterocycles. The Bertz CT molecular complexity index is 5120. The summed E-state index contributed by atoms with van der Waals surface area (Å²) in [4.78, 5) is 37.5. The van der Waals surface area contributed by atoms with Crippen LogP contribution in [-0.2, 0) is 52.6 Å². The van der Waals surface area contributed by atoms with Crippen molar-refractivity contribution in [3.8, 4) is 45.2 Å². The van der Waals surface area contributed by atoms with Crippen LogP contribution in [0.5, 0.6) is 0 Å². The molecule has 0 bridgehead atoms. The summed E-state index contributed by atoms with van der Waals surface area (Å²) in [5.74, 6) is -0.251. The zero-order valence-electron chi connectivity index (χ0n) is 60.4. The van der Waals surface area contributed by atoms with Crippen molar-refractivity contribution in [3.05, 3.63) is 287 Å². The van der Waals surface area contributed by atoms with Crippen molar-refractivity contribution >= 4 is 74.4 Å². The van der Waals surface area contributed by atoms with Crippen molar-refractivity contribution in [2.45, 2.75) is 128 Å². The molecule has 538 valence electrons. The monoisotopic (exact) mass is 1460 g/mol. The number of amides is 2. The van der Waals surface area contributed by atoms with E-state index in [-0.39, 0.29) is 48.2 Å². The van der Waals surface area contributed by atoms with Gasteiger partial charge < -0.3 is 29.0 Å². The Morgan fingerprint density at radius 2 is 0.895 bits per heavy atom. The fourth-order valence-corrected chi connectivity index (χ4v) is 21.7. The maximum Gasteiger partial charge on any atom is 0.270 e. The highest BCUT2D eigenvalue weighted by molar-refractivity contribution is 7.84. The van der Waals surface area contributed by atoms with Crippen LogP contribution in [0.3, 0.4) is 0 Å². The third-order valence-electron chi connectivity index (χ3n) is 19.3. The number of aromatic nitrogens is 2. The predicted molar refractivity (Wildman–Crippen MR) is 417 cm³/mol. The molecule has 3 N–H and O–H groups in total. The number of carbonyl (C=O) groups is 2. The lowest BCUT2D eigenvalue weighted by Gasteiger charge is -2.43. The third kappa shape index (κ3) is 15.5. The van der Waals surface area contributed by atoms with E-state index in [4.69, 9.17) is 23.2 Å². The lowest BCUT2D eigenvalue weighted by molar-refractivity contribution is 0.0937. The van der Waals surface area contributed by atoms with Gasteiger partial charge in [-0.3, -0.25) is 9.59 Å². The lowest BCUT2D eigenvalue weighted by Crippen LogP contribution is -2.66. The molecule has 0 fully saturated rings. The molecule has 0 spiro atoms. The Morgan fingerprint density at radius 1 is 0.505 bits per heavy atom. The lowest BCUT2D eigenvalue weighted by atomic mass is 9.95. The van der Waals surface area contributed by atoms with Gasteiger partial charge in [-0.2, -0.15) is 0 Å². The molecule has 4 aromatic heterocycles. The second-order valence-electron chi connectivity index (χ2n) is 29.6. The highest BCUT2D eigenvalue weighted by Crippen LogP contribution is 2.48. The summed E-state index contributed by atoms with van der Waals surface area (Å²) in [5.41, 5.74) is 10.6. The molecule has 2 aliphatic rings. The normalized spacial score (nSPS) is 15.4. The summed E-state index contributed by atoms with van der Waals surface area (Å²) >= 11 is 0. The summed E-state index contributed by atoms with van der Waals surface area (Å²) in [7, 11) is -5.72. The molecule has 0 radical (unpaired) electrons. The van der Waals surface area contributed by atoms with Crippen molar-refractivity contribution in [1.29, 1.82) is 0 Å². The smallest absolute Gasteiger partial charge is 0.270 e. The molecule has 14 nitrogen and oxygen atoms in total. The fourth-order valence-electron chi connectivity index (χ4n) is 14.3. The van der Waals surface area contributed by atoms with E-state index in [9.17, 15) is 31.9 Å². The van der Waals surface area contributed by atoms with E-state index in [0.29, 0.717) is 66.6 Å². The number of furan rings is 2. The molecule has 12 aromatic rings. The van der Waals surface area contributed by atoms with Crippen LogP contribution >= 0.6 is 0 Å². The molecule has 19 heteroatoms. The summed E-state index contributed by atoms with van der Waals surface area (Å²) in [6.07, 6.45) is 0.877. The quantitative estimate of drug-likeness (QED) is 0.0622. The highest BCUT2D eigenvalue weighted by Gasteiger charge is 2.51. The number of pyridine rings is 2. The number of nitrogens with zero attached hydrogens (tertiary/aromatic N) is 4. The largest absolute Gasteiger partial charge is 0.456 e. The first kappa shape index (κ1) is 73.6. The molecular formula is C86H86F2N6O8S2Si. The van der Waals surface area contributed by atoms with Gasteiger partial charge in [0.2, 0.25) is 0 Å². The van der Waals surface area contributed by atoms with E-state index >= 15 is 0 Å². The van der Waals surface area contributed by atoms with Gasteiger partial charge >= 0.3 is 0 Å². The minimum atomic E-state index is -2.90. The Labute approximate surface area is 618 Å². The number of aliphatic hydroxyl groups excluding tert-OH is 1. The first-order valence-electron chi connectivity index (χ1n) is 35.4. The first-order chi connectivity index (χ1) is 50.4. The minimum absolute atomic E-state index is 0.00349. The summed E-state index contributed by atoms with van der Waals surface area (Å²) < 4.78 is 79.9. The van der Waals surface area contributed by atoms with Crippen molar-refractivity contribution < 1.29 is 45.2 Å². The zero-order chi connectivity index (χ0) is 74.0. The molecule has 4 atom stereocenters. The maximum absolute atomic E-state index is 14.6. The van der Waals surface area contributed by atoms with Gasteiger partial charge in [-0.1, -0.05) is 191 Å². The van der Waals surface area contributed by atoms with Gasteiger partial charge in [0.05, 0.1) is 33.0 Å². The second-order valence-corrected chi connectivity index (χ2v) is 38.3. The molecule has 8 aromatic carbocycles. The number of rotatable bonds is 20. The number of carbonyl (C=O) groups excluding carboxylic acids is 2. The Hall–Kier alpha value is -9.70. The molecule has 14 rings (SSSR count). The molecular weight excluding hydrogens is 1380 g/mol. The van der Waals surface area contributed by atoms with Crippen LogP contribution < -0.4 is 21.0 Å². The van der Waals surface area contributed by atoms with Gasteiger partial charge in [0.1, 0.15) is 67.7 Å².